The van der Waals surface area contributed by atoms with E-state index < -0.39 is 11.9 Å². The number of alkyl halides is 3. The van der Waals surface area contributed by atoms with Crippen molar-refractivity contribution >= 4 is 23.4 Å². The van der Waals surface area contributed by atoms with Crippen LogP contribution in [0.15, 0.2) is 30.7 Å². The average Bonchev–Trinajstić information content (AvgIpc) is 3.18. The first kappa shape index (κ1) is 21.5. The summed E-state index contributed by atoms with van der Waals surface area (Å²) in [5.41, 5.74) is 1.77. The number of nitrogens with zero attached hydrogens (tertiary/aromatic N) is 6. The molecule has 1 aliphatic heterocycles. The lowest BCUT2D eigenvalue weighted by Gasteiger charge is -2.32. The Bertz CT molecular complexity index is 1140. The Labute approximate surface area is 181 Å². The van der Waals surface area contributed by atoms with Crippen molar-refractivity contribution in [3.63, 3.8) is 0 Å². The molecule has 0 radical (unpaired) electrons. The van der Waals surface area contributed by atoms with E-state index in [0.29, 0.717) is 41.8 Å². The molecule has 168 valence electrons. The van der Waals surface area contributed by atoms with Crippen LogP contribution in [0.5, 0.6) is 0 Å². The highest BCUT2D eigenvalue weighted by Gasteiger charge is 2.32. The van der Waals surface area contributed by atoms with Gasteiger partial charge in [-0.05, 0) is 25.5 Å². The number of amides is 1. The molecular weight excluding hydrogens is 425 g/mol. The predicted molar refractivity (Wildman–Crippen MR) is 111 cm³/mol. The fourth-order valence-corrected chi connectivity index (χ4v) is 3.26. The van der Waals surface area contributed by atoms with Gasteiger partial charge in [0.2, 0.25) is 11.9 Å². The Morgan fingerprint density at radius 3 is 2.66 bits per heavy atom. The summed E-state index contributed by atoms with van der Waals surface area (Å²) in [4.78, 5) is 26.2. The lowest BCUT2D eigenvalue weighted by molar-refractivity contribution is -0.141. The van der Waals surface area contributed by atoms with E-state index >= 15 is 0 Å². The van der Waals surface area contributed by atoms with E-state index in [-0.39, 0.29) is 11.9 Å². The zero-order valence-corrected chi connectivity index (χ0v) is 17.6. The molecule has 32 heavy (non-hydrogen) atoms. The summed E-state index contributed by atoms with van der Waals surface area (Å²) in [6, 6.07) is 2.00. The number of aryl methyl sites for hydroxylation is 1. The van der Waals surface area contributed by atoms with Crippen molar-refractivity contribution in [2.75, 3.05) is 22.6 Å². The fraction of sp³-hybridized carbons (Fsp3) is 0.350. The molecule has 0 aliphatic carbocycles. The lowest BCUT2D eigenvalue weighted by Crippen LogP contribution is -2.44. The van der Waals surface area contributed by atoms with E-state index in [4.69, 9.17) is 0 Å². The molecule has 1 amide bonds. The summed E-state index contributed by atoms with van der Waals surface area (Å²) < 4.78 is 39.5. The number of carbonyl (C=O) groups excluding carboxylic acids is 1. The molecule has 4 rings (SSSR count). The largest absolute Gasteiger partial charge is 0.433 e. The van der Waals surface area contributed by atoms with E-state index in [2.05, 4.69) is 30.7 Å². The molecule has 0 saturated heterocycles. The van der Waals surface area contributed by atoms with Crippen molar-refractivity contribution in [3.8, 4) is 0 Å². The number of halogens is 3. The van der Waals surface area contributed by atoms with Crippen LogP contribution in [-0.4, -0.2) is 43.7 Å². The van der Waals surface area contributed by atoms with Crippen LogP contribution in [0.1, 0.15) is 29.4 Å². The number of aromatic nitrogens is 5. The molecule has 3 aromatic heterocycles. The smallest absolute Gasteiger partial charge is 0.350 e. The van der Waals surface area contributed by atoms with Gasteiger partial charge in [-0.3, -0.25) is 14.5 Å². The monoisotopic (exact) mass is 446 g/mol. The second-order valence-electron chi connectivity index (χ2n) is 7.56. The predicted octanol–water partition coefficient (Wildman–Crippen LogP) is 2.83. The van der Waals surface area contributed by atoms with Crippen LogP contribution < -0.4 is 15.5 Å². The third-order valence-corrected chi connectivity index (χ3v) is 5.21. The Morgan fingerprint density at radius 1 is 1.19 bits per heavy atom. The zero-order chi connectivity index (χ0) is 23.0. The number of hydrogen-bond acceptors (Lipinski definition) is 7. The third-order valence-electron chi connectivity index (χ3n) is 5.21. The van der Waals surface area contributed by atoms with Crippen molar-refractivity contribution < 1.29 is 18.0 Å². The van der Waals surface area contributed by atoms with Gasteiger partial charge in [0, 0.05) is 31.5 Å². The van der Waals surface area contributed by atoms with Gasteiger partial charge in [0.15, 0.2) is 5.82 Å². The maximum Gasteiger partial charge on any atom is 0.433 e. The molecular formula is C20H21F3N8O. The van der Waals surface area contributed by atoms with Crippen LogP contribution in [0.3, 0.4) is 0 Å². The molecule has 12 heteroatoms. The summed E-state index contributed by atoms with van der Waals surface area (Å²) in [5.74, 6) is 0.941. The summed E-state index contributed by atoms with van der Waals surface area (Å²) in [6.07, 6.45) is 0.176. The molecule has 1 atom stereocenters. The molecule has 0 spiro atoms. The Kier molecular flexibility index (Phi) is 5.45. The first-order valence-corrected chi connectivity index (χ1v) is 9.81. The molecule has 0 fully saturated rings. The Hall–Kier alpha value is -3.70. The van der Waals surface area contributed by atoms with Gasteiger partial charge in [-0.15, -0.1) is 0 Å². The van der Waals surface area contributed by atoms with Gasteiger partial charge in [-0.25, -0.2) is 4.98 Å². The summed E-state index contributed by atoms with van der Waals surface area (Å²) in [7, 11) is 1.80. The zero-order valence-electron chi connectivity index (χ0n) is 17.6. The fourth-order valence-electron chi connectivity index (χ4n) is 3.26. The summed E-state index contributed by atoms with van der Waals surface area (Å²) >= 11 is 0. The number of rotatable bonds is 5. The number of anilines is 3. The van der Waals surface area contributed by atoms with Gasteiger partial charge in [0.25, 0.3) is 0 Å². The van der Waals surface area contributed by atoms with Gasteiger partial charge in [0.05, 0.1) is 18.4 Å². The molecule has 3 aromatic rings. The number of likely N-dealkylation sites (N-methyl/N-ethyl adjacent to an activating group) is 1. The van der Waals surface area contributed by atoms with E-state index in [1.165, 1.54) is 12.3 Å². The molecule has 0 bridgehead atoms. The van der Waals surface area contributed by atoms with Crippen LogP contribution in [0.2, 0.25) is 0 Å². The van der Waals surface area contributed by atoms with Gasteiger partial charge >= 0.3 is 6.18 Å². The lowest BCUT2D eigenvalue weighted by atomic mass is 10.2. The highest BCUT2D eigenvalue weighted by atomic mass is 19.4. The normalized spacial score (nSPS) is 16.0. The quantitative estimate of drug-likeness (QED) is 0.622. The summed E-state index contributed by atoms with van der Waals surface area (Å²) in [5, 5.41) is 10.2. The number of hydrogen-bond donors (Lipinski definition) is 2. The molecule has 4 heterocycles. The first-order valence-electron chi connectivity index (χ1n) is 9.81. The minimum atomic E-state index is -4.46. The van der Waals surface area contributed by atoms with Crippen molar-refractivity contribution in [1.82, 2.24) is 24.7 Å². The van der Waals surface area contributed by atoms with E-state index in [1.807, 2.05) is 0 Å². The minimum Gasteiger partial charge on any atom is -0.350 e. The Balaban J connectivity index is 1.42. The average molecular weight is 446 g/mol. The van der Waals surface area contributed by atoms with E-state index in [9.17, 15) is 18.0 Å². The van der Waals surface area contributed by atoms with Crippen molar-refractivity contribution in [3.05, 3.63) is 53.2 Å². The number of fused-ring (bicyclic) bond motifs is 1. The molecule has 0 saturated carbocycles. The topological polar surface area (TPSA) is 101 Å². The number of carbonyl (C=O) groups is 1. The second kappa shape index (κ2) is 8.09. The minimum absolute atomic E-state index is 0.108. The van der Waals surface area contributed by atoms with E-state index in [1.54, 1.807) is 42.9 Å². The van der Waals surface area contributed by atoms with Crippen LogP contribution in [0.25, 0.3) is 0 Å². The number of pyridine rings is 1. The molecule has 1 aliphatic rings. The SMILES string of the molecule is Cc1nc(NCc2cnn(Cc3ccc(C(F)(F)F)nc3)c2)nc2c1NC(=O)[C@H](C)N2C. The highest BCUT2D eigenvalue weighted by molar-refractivity contribution is 6.03. The van der Waals surface area contributed by atoms with Gasteiger partial charge in [-0.2, -0.15) is 23.3 Å². The van der Waals surface area contributed by atoms with Crippen molar-refractivity contribution in [2.45, 2.75) is 39.2 Å². The maximum atomic E-state index is 12.6. The van der Waals surface area contributed by atoms with Crippen molar-refractivity contribution in [2.24, 2.45) is 0 Å². The van der Waals surface area contributed by atoms with Gasteiger partial charge in [-0.1, -0.05) is 6.07 Å². The highest BCUT2D eigenvalue weighted by Crippen LogP contribution is 2.32. The van der Waals surface area contributed by atoms with Crippen LogP contribution >= 0.6 is 0 Å². The molecule has 0 aromatic carbocycles. The molecule has 2 N–H and O–H groups in total. The number of nitrogens with one attached hydrogen (secondary N) is 2. The van der Waals surface area contributed by atoms with Crippen molar-refractivity contribution in [1.29, 1.82) is 0 Å². The molecule has 9 nitrogen and oxygen atoms in total. The van der Waals surface area contributed by atoms with Gasteiger partial charge < -0.3 is 15.5 Å². The van der Waals surface area contributed by atoms with Crippen LogP contribution in [-0.2, 0) is 24.1 Å². The van der Waals surface area contributed by atoms with E-state index in [0.717, 1.165) is 11.6 Å². The standard InChI is InChI=1S/C20H21F3N8O/c1-11-16-17(30(3)12(2)18(32)28-16)29-19(27-11)25-7-14-8-26-31(10-14)9-13-4-5-15(24-6-13)20(21,22)23/h4-6,8,10,12H,7,9H2,1-3H3,(H,28,32)(H,25,27,29)/t12-/m0/s1. The third kappa shape index (κ3) is 4.34. The van der Waals surface area contributed by atoms with Crippen LogP contribution in [0, 0.1) is 6.92 Å². The second-order valence-corrected chi connectivity index (χ2v) is 7.56. The molecule has 0 unspecified atom stereocenters. The van der Waals surface area contributed by atoms with Crippen LogP contribution in [0.4, 0.5) is 30.6 Å². The Morgan fingerprint density at radius 2 is 1.97 bits per heavy atom. The first-order chi connectivity index (χ1) is 15.1. The maximum absolute atomic E-state index is 12.6. The summed E-state index contributed by atoms with van der Waals surface area (Å²) in [6.45, 7) is 4.28. The van der Waals surface area contributed by atoms with Gasteiger partial charge in [0.1, 0.15) is 17.4 Å².